The van der Waals surface area contributed by atoms with Gasteiger partial charge >= 0.3 is 6.03 Å². The number of carbonyl (C=O) groups excluding carboxylic acids is 2. The zero-order valence-corrected chi connectivity index (χ0v) is 14.9. The standard InChI is InChI=1S/C16H23N5O2S/c1-16(12-8-5-4-6-9-12)13(22)21(15(23)18-16)19-14(24)17-10-7-11-20(2)3/h4-6,8-9H,7,10-11H2,1-3H3,(H,18,23)(H2,17,19,24). The van der Waals surface area contributed by atoms with Crippen LogP contribution in [0, 0.1) is 0 Å². The number of hydrazine groups is 1. The number of carbonyl (C=O) groups is 2. The van der Waals surface area contributed by atoms with Gasteiger partial charge in [-0.25, -0.2) is 4.79 Å². The Kier molecular flexibility index (Phi) is 5.74. The maximum Gasteiger partial charge on any atom is 0.344 e. The summed E-state index contributed by atoms with van der Waals surface area (Å²) >= 11 is 5.16. The minimum atomic E-state index is -1.11. The van der Waals surface area contributed by atoms with Crippen LogP contribution in [0.25, 0.3) is 0 Å². The van der Waals surface area contributed by atoms with Gasteiger partial charge in [0.05, 0.1) is 0 Å². The number of rotatable bonds is 6. The van der Waals surface area contributed by atoms with Crippen LogP contribution in [0.3, 0.4) is 0 Å². The fourth-order valence-corrected chi connectivity index (χ4v) is 2.64. The third kappa shape index (κ3) is 4.01. The first-order chi connectivity index (χ1) is 11.3. The normalized spacial score (nSPS) is 20.2. The van der Waals surface area contributed by atoms with Crippen molar-refractivity contribution >= 4 is 29.3 Å². The fraction of sp³-hybridized carbons (Fsp3) is 0.438. The van der Waals surface area contributed by atoms with Gasteiger partial charge in [-0.1, -0.05) is 30.3 Å². The molecule has 1 atom stereocenters. The first-order valence-electron chi connectivity index (χ1n) is 7.76. The summed E-state index contributed by atoms with van der Waals surface area (Å²) in [6.07, 6.45) is 0.899. The second-order valence-electron chi connectivity index (χ2n) is 6.09. The van der Waals surface area contributed by atoms with Crippen LogP contribution in [0.5, 0.6) is 0 Å². The van der Waals surface area contributed by atoms with E-state index in [4.69, 9.17) is 12.2 Å². The minimum absolute atomic E-state index is 0.245. The molecule has 130 valence electrons. The topological polar surface area (TPSA) is 76.7 Å². The molecule has 1 aromatic rings. The Morgan fingerprint density at radius 3 is 2.58 bits per heavy atom. The van der Waals surface area contributed by atoms with Gasteiger partial charge < -0.3 is 15.5 Å². The van der Waals surface area contributed by atoms with Crippen molar-refractivity contribution in [3.05, 3.63) is 35.9 Å². The second-order valence-corrected chi connectivity index (χ2v) is 6.49. The molecule has 1 saturated heterocycles. The lowest BCUT2D eigenvalue weighted by Gasteiger charge is -2.22. The van der Waals surface area contributed by atoms with Crippen LogP contribution in [0.2, 0.25) is 0 Å². The van der Waals surface area contributed by atoms with Gasteiger partial charge in [-0.3, -0.25) is 10.2 Å². The largest absolute Gasteiger partial charge is 0.361 e. The lowest BCUT2D eigenvalue weighted by molar-refractivity contribution is -0.132. The third-order valence-electron chi connectivity index (χ3n) is 3.82. The summed E-state index contributed by atoms with van der Waals surface area (Å²) in [6.45, 7) is 3.26. The molecule has 8 heteroatoms. The summed E-state index contributed by atoms with van der Waals surface area (Å²) in [4.78, 5) is 26.9. The highest BCUT2D eigenvalue weighted by molar-refractivity contribution is 7.80. The summed E-state index contributed by atoms with van der Waals surface area (Å²) in [7, 11) is 3.99. The Labute approximate surface area is 147 Å². The van der Waals surface area contributed by atoms with Gasteiger partial charge in [-0.05, 0) is 51.8 Å². The van der Waals surface area contributed by atoms with E-state index in [1.807, 2.05) is 32.3 Å². The maximum absolute atomic E-state index is 12.7. The number of benzene rings is 1. The molecule has 1 aliphatic heterocycles. The van der Waals surface area contributed by atoms with Gasteiger partial charge in [0, 0.05) is 6.54 Å². The Bertz CT molecular complexity index is 622. The van der Waals surface area contributed by atoms with Crippen LogP contribution >= 0.6 is 12.2 Å². The van der Waals surface area contributed by atoms with Crippen molar-refractivity contribution in [3.8, 4) is 0 Å². The number of hydrogen-bond donors (Lipinski definition) is 3. The van der Waals surface area contributed by atoms with E-state index >= 15 is 0 Å². The van der Waals surface area contributed by atoms with Crippen molar-refractivity contribution in [3.63, 3.8) is 0 Å². The van der Waals surface area contributed by atoms with Crippen LogP contribution < -0.4 is 16.1 Å². The van der Waals surface area contributed by atoms with E-state index in [-0.39, 0.29) is 5.11 Å². The van der Waals surface area contributed by atoms with E-state index in [1.54, 1.807) is 19.1 Å². The summed E-state index contributed by atoms with van der Waals surface area (Å²) in [5, 5.41) is 6.88. The molecule has 3 N–H and O–H groups in total. The molecule has 2 rings (SSSR count). The highest BCUT2D eigenvalue weighted by Crippen LogP contribution is 2.27. The molecule has 3 amide bonds. The molecule has 0 aliphatic carbocycles. The van der Waals surface area contributed by atoms with Crippen LogP contribution in [0.4, 0.5) is 4.79 Å². The molecule has 0 spiro atoms. The van der Waals surface area contributed by atoms with Gasteiger partial charge in [0.1, 0.15) is 5.54 Å². The van der Waals surface area contributed by atoms with Crippen molar-refractivity contribution in [2.24, 2.45) is 0 Å². The van der Waals surface area contributed by atoms with E-state index in [1.165, 1.54) is 0 Å². The molecule has 7 nitrogen and oxygen atoms in total. The van der Waals surface area contributed by atoms with Gasteiger partial charge in [0.15, 0.2) is 5.11 Å². The predicted octanol–water partition coefficient (Wildman–Crippen LogP) is 0.784. The Balaban J connectivity index is 1.96. The van der Waals surface area contributed by atoms with Gasteiger partial charge in [0.2, 0.25) is 0 Å². The number of urea groups is 1. The lowest BCUT2D eigenvalue weighted by Crippen LogP contribution is -2.51. The van der Waals surface area contributed by atoms with Crippen molar-refractivity contribution in [2.45, 2.75) is 18.9 Å². The molecule has 0 saturated carbocycles. The average molecular weight is 349 g/mol. The number of hydrogen-bond acceptors (Lipinski definition) is 4. The lowest BCUT2D eigenvalue weighted by atomic mass is 9.92. The first-order valence-corrected chi connectivity index (χ1v) is 8.17. The molecule has 1 aliphatic rings. The highest BCUT2D eigenvalue weighted by Gasteiger charge is 2.49. The minimum Gasteiger partial charge on any atom is -0.361 e. The van der Waals surface area contributed by atoms with Gasteiger partial charge in [0.25, 0.3) is 5.91 Å². The van der Waals surface area contributed by atoms with Crippen molar-refractivity contribution in [2.75, 3.05) is 27.2 Å². The molecule has 1 unspecified atom stereocenters. The van der Waals surface area contributed by atoms with Gasteiger partial charge in [-0.2, -0.15) is 5.01 Å². The number of nitrogens with zero attached hydrogens (tertiary/aromatic N) is 2. The smallest absolute Gasteiger partial charge is 0.344 e. The molecular weight excluding hydrogens is 326 g/mol. The number of thiocarbonyl (C=S) groups is 1. The quantitative estimate of drug-likeness (QED) is 0.400. The summed E-state index contributed by atoms with van der Waals surface area (Å²) in [6, 6.07) is 8.60. The average Bonchev–Trinajstić information content (AvgIpc) is 2.77. The number of imide groups is 1. The molecule has 1 heterocycles. The summed E-state index contributed by atoms with van der Waals surface area (Å²) < 4.78 is 0. The highest BCUT2D eigenvalue weighted by atomic mass is 32.1. The summed E-state index contributed by atoms with van der Waals surface area (Å²) in [5.74, 6) is -0.392. The zero-order valence-electron chi connectivity index (χ0n) is 14.1. The SMILES string of the molecule is CN(C)CCCNC(=S)NN1C(=O)NC(C)(c2ccccc2)C1=O. The van der Waals surface area contributed by atoms with Crippen molar-refractivity contribution in [1.82, 2.24) is 26.0 Å². The molecule has 24 heavy (non-hydrogen) atoms. The Morgan fingerprint density at radius 1 is 1.29 bits per heavy atom. The van der Waals surface area contributed by atoms with E-state index in [2.05, 4.69) is 21.0 Å². The molecule has 1 fully saturated rings. The zero-order chi connectivity index (χ0) is 17.7. The van der Waals surface area contributed by atoms with Gasteiger partial charge in [-0.15, -0.1) is 0 Å². The molecular formula is C16H23N5O2S. The number of nitrogens with one attached hydrogen (secondary N) is 3. The maximum atomic E-state index is 12.7. The van der Waals surface area contributed by atoms with Crippen molar-refractivity contribution < 1.29 is 9.59 Å². The Morgan fingerprint density at radius 2 is 1.96 bits per heavy atom. The van der Waals surface area contributed by atoms with Crippen LogP contribution in [-0.2, 0) is 10.3 Å². The third-order valence-corrected chi connectivity index (χ3v) is 4.06. The van der Waals surface area contributed by atoms with Crippen LogP contribution in [0.1, 0.15) is 18.9 Å². The monoisotopic (exact) mass is 349 g/mol. The van der Waals surface area contributed by atoms with E-state index < -0.39 is 17.5 Å². The predicted molar refractivity (Wildman–Crippen MR) is 96.1 cm³/mol. The number of amides is 3. The molecule has 1 aromatic carbocycles. The summed E-state index contributed by atoms with van der Waals surface area (Å²) in [5.41, 5.74) is 2.28. The van der Waals surface area contributed by atoms with E-state index in [9.17, 15) is 9.59 Å². The van der Waals surface area contributed by atoms with E-state index in [0.29, 0.717) is 6.54 Å². The Hall–Kier alpha value is -2.19. The molecule has 0 aromatic heterocycles. The molecule has 0 bridgehead atoms. The van der Waals surface area contributed by atoms with E-state index in [0.717, 1.165) is 23.5 Å². The van der Waals surface area contributed by atoms with Crippen molar-refractivity contribution in [1.29, 1.82) is 0 Å². The first kappa shape index (κ1) is 18.2. The van der Waals surface area contributed by atoms with Crippen LogP contribution in [-0.4, -0.2) is 54.1 Å². The van der Waals surface area contributed by atoms with Crippen LogP contribution in [0.15, 0.2) is 30.3 Å². The fourth-order valence-electron chi connectivity index (χ4n) is 2.45. The second kappa shape index (κ2) is 7.59. The molecule has 0 radical (unpaired) electrons.